The van der Waals surface area contributed by atoms with Gasteiger partial charge in [-0.05, 0) is 83.8 Å². The summed E-state index contributed by atoms with van der Waals surface area (Å²) in [5, 5.41) is 3.75. The number of furan rings is 1. The molecule has 1 aromatic heterocycles. The lowest BCUT2D eigenvalue weighted by Gasteiger charge is -2.18. The fraction of sp³-hybridized carbons (Fsp3) is 0. The monoisotopic (exact) mass is 557 g/mol. The maximum Gasteiger partial charge on any atom is 0.136 e. The van der Waals surface area contributed by atoms with E-state index in [0.29, 0.717) is 38.2 Å². The van der Waals surface area contributed by atoms with Crippen LogP contribution in [0.15, 0.2) is 162 Å². The Morgan fingerprint density at radius 2 is 0.930 bits per heavy atom. The Bertz CT molecular complexity index is 3040. The third-order valence-electron chi connectivity index (χ3n) is 8.00. The molecule has 0 aliphatic rings. The molecule has 9 rings (SSSR count). The molecule has 0 unspecified atom stereocenters. The molecule has 9 aromatic rings. The van der Waals surface area contributed by atoms with Gasteiger partial charge in [-0.3, -0.25) is 0 Å². The van der Waals surface area contributed by atoms with Gasteiger partial charge < -0.3 is 4.42 Å². The topological polar surface area (TPSA) is 13.1 Å². The molecule has 0 saturated carbocycles. The number of hydrogen-bond acceptors (Lipinski definition) is 1. The van der Waals surface area contributed by atoms with E-state index in [0.717, 1.165) is 10.8 Å². The van der Waals surface area contributed by atoms with Gasteiger partial charge in [-0.1, -0.05) is 139 Å². The summed E-state index contributed by atoms with van der Waals surface area (Å²) in [6, 6.07) is 23.8. The van der Waals surface area contributed by atoms with Crippen molar-refractivity contribution >= 4 is 54.3 Å². The van der Waals surface area contributed by atoms with E-state index < -0.39 is 24.2 Å². The van der Waals surface area contributed by atoms with Crippen LogP contribution in [0.2, 0.25) is 0 Å². The van der Waals surface area contributed by atoms with Gasteiger partial charge in [0.05, 0.1) is 15.1 Å². The van der Waals surface area contributed by atoms with Crippen LogP contribution in [0, 0.1) is 0 Å². The van der Waals surface area contributed by atoms with E-state index in [1.165, 1.54) is 0 Å². The largest absolute Gasteiger partial charge is 0.456 e. The molecule has 1 heterocycles. The Morgan fingerprint density at radius 1 is 0.395 bits per heavy atom. The molecule has 0 aliphatic heterocycles. The van der Waals surface area contributed by atoms with E-state index >= 15 is 0 Å². The molecule has 0 fully saturated rings. The summed E-state index contributed by atoms with van der Waals surface area (Å²) < 4.78 is 105. The lowest BCUT2D eigenvalue weighted by atomic mass is 9.85. The van der Waals surface area contributed by atoms with Crippen LogP contribution in [-0.4, -0.2) is 0 Å². The number of para-hydroxylation sites is 1. The standard InChI is InChI=1S/C42H26O/c1-2-12-31-27(10-1)11-9-18-32(31)28-20-22-29(23-21-28)41-35-14-3-5-16-37(35)42(38-17-6-4-15-36(38)41)30-24-25-34-33-13-7-8-19-39(33)43-40(34)26-30/h1-26H/i7D,8D,13D,19D,20D,21D,22D,23D,24D,25D,26D. The van der Waals surface area contributed by atoms with Crippen molar-refractivity contribution in [3.63, 3.8) is 0 Å². The first-order valence-electron chi connectivity index (χ1n) is 19.4. The summed E-state index contributed by atoms with van der Waals surface area (Å²) >= 11 is 0. The van der Waals surface area contributed by atoms with Gasteiger partial charge in [0.2, 0.25) is 0 Å². The molecular weight excluding hydrogens is 520 g/mol. The normalized spacial score (nSPS) is 15.3. The van der Waals surface area contributed by atoms with E-state index in [1.54, 1.807) is 54.6 Å². The highest BCUT2D eigenvalue weighted by Gasteiger charge is 2.18. The van der Waals surface area contributed by atoms with Gasteiger partial charge in [-0.2, -0.15) is 0 Å². The molecule has 0 atom stereocenters. The predicted octanol–water partition coefficient (Wildman–Crippen LogP) is 12.0. The van der Waals surface area contributed by atoms with Crippen molar-refractivity contribution < 1.29 is 19.5 Å². The Morgan fingerprint density at radius 3 is 1.65 bits per heavy atom. The van der Waals surface area contributed by atoms with Crippen LogP contribution in [0.25, 0.3) is 87.6 Å². The molecule has 1 nitrogen and oxygen atoms in total. The van der Waals surface area contributed by atoms with Crippen LogP contribution in [0.5, 0.6) is 0 Å². The summed E-state index contributed by atoms with van der Waals surface area (Å²) in [4.78, 5) is 0. The summed E-state index contributed by atoms with van der Waals surface area (Å²) in [5.74, 6) is 0. The van der Waals surface area contributed by atoms with Crippen LogP contribution in [-0.2, 0) is 0 Å². The second-order valence-electron chi connectivity index (χ2n) is 10.4. The maximum absolute atomic E-state index is 9.43. The lowest BCUT2D eigenvalue weighted by Crippen LogP contribution is -1.91. The van der Waals surface area contributed by atoms with Crippen LogP contribution in [0.4, 0.5) is 0 Å². The van der Waals surface area contributed by atoms with E-state index in [2.05, 4.69) is 0 Å². The van der Waals surface area contributed by atoms with Crippen molar-refractivity contribution in [2.24, 2.45) is 0 Å². The van der Waals surface area contributed by atoms with Gasteiger partial charge in [0.25, 0.3) is 0 Å². The molecule has 8 aromatic carbocycles. The quantitative estimate of drug-likeness (QED) is 0.197. The molecule has 0 saturated heterocycles. The molecule has 0 aliphatic carbocycles. The smallest absolute Gasteiger partial charge is 0.136 e. The zero-order chi connectivity index (χ0) is 37.9. The van der Waals surface area contributed by atoms with Gasteiger partial charge in [-0.15, -0.1) is 0 Å². The molecule has 0 amide bonds. The van der Waals surface area contributed by atoms with E-state index in [9.17, 15) is 8.22 Å². The molecule has 0 spiro atoms. The molecule has 1 heteroatoms. The lowest BCUT2D eigenvalue weighted by molar-refractivity contribution is 0.669. The Hall–Kier alpha value is -5.66. The predicted molar refractivity (Wildman–Crippen MR) is 183 cm³/mol. The third-order valence-corrected chi connectivity index (χ3v) is 8.00. The summed E-state index contributed by atoms with van der Waals surface area (Å²) in [6.45, 7) is 0. The van der Waals surface area contributed by atoms with Gasteiger partial charge in [0.1, 0.15) is 11.2 Å². The van der Waals surface area contributed by atoms with Crippen LogP contribution in [0.1, 0.15) is 15.1 Å². The number of fused-ring (bicyclic) bond motifs is 6. The number of rotatable bonds is 3. The second-order valence-corrected chi connectivity index (χ2v) is 10.4. The molecule has 0 N–H and O–H groups in total. The van der Waals surface area contributed by atoms with Crippen LogP contribution >= 0.6 is 0 Å². The second kappa shape index (κ2) is 9.44. The number of benzene rings is 8. The highest BCUT2D eigenvalue weighted by Crippen LogP contribution is 2.45. The van der Waals surface area contributed by atoms with Crippen LogP contribution in [0.3, 0.4) is 0 Å². The highest BCUT2D eigenvalue weighted by atomic mass is 16.3. The average molecular weight is 558 g/mol. The van der Waals surface area contributed by atoms with Gasteiger partial charge in [0, 0.05) is 10.8 Å². The fourth-order valence-corrected chi connectivity index (χ4v) is 6.10. The summed E-state index contributed by atoms with van der Waals surface area (Å²) in [6.07, 6.45) is 0. The summed E-state index contributed by atoms with van der Waals surface area (Å²) in [7, 11) is 0. The minimum Gasteiger partial charge on any atom is -0.456 e. The number of hydrogen-bond donors (Lipinski definition) is 0. The van der Waals surface area contributed by atoms with Crippen molar-refractivity contribution in [2.45, 2.75) is 0 Å². The molecule has 43 heavy (non-hydrogen) atoms. The molecular formula is C42H26O. The van der Waals surface area contributed by atoms with E-state index in [1.807, 2.05) is 36.4 Å². The van der Waals surface area contributed by atoms with Crippen LogP contribution < -0.4 is 0 Å². The maximum atomic E-state index is 9.43. The van der Waals surface area contributed by atoms with Crippen molar-refractivity contribution in [2.75, 3.05) is 0 Å². The third kappa shape index (κ3) is 3.72. The minimum absolute atomic E-state index is 0.0455. The first kappa shape index (κ1) is 15.5. The Balaban J connectivity index is 1.39. The van der Waals surface area contributed by atoms with E-state index in [4.69, 9.17) is 11.3 Å². The minimum atomic E-state index is -0.511. The Kier molecular flexibility index (Phi) is 3.41. The van der Waals surface area contributed by atoms with Gasteiger partial charge in [-0.25, -0.2) is 0 Å². The molecule has 0 radical (unpaired) electrons. The summed E-state index contributed by atoms with van der Waals surface area (Å²) in [5.41, 5.74) is 1.45. The van der Waals surface area contributed by atoms with E-state index in [-0.39, 0.29) is 80.9 Å². The Labute approximate surface area is 264 Å². The van der Waals surface area contributed by atoms with Crippen molar-refractivity contribution in [3.8, 4) is 33.4 Å². The van der Waals surface area contributed by atoms with Crippen molar-refractivity contribution in [1.29, 1.82) is 0 Å². The molecule has 0 bridgehead atoms. The average Bonchev–Trinajstić information content (AvgIpc) is 3.60. The van der Waals surface area contributed by atoms with Crippen molar-refractivity contribution in [1.82, 2.24) is 0 Å². The SMILES string of the molecule is [2H]c1c([2H])c(-c2c3ccccc3c(-c3c([2H])c([2H])c4c(oc5c([2H])c([2H])c([2H])c([2H])c54)c3[2H])c3ccccc23)c([2H])c([2H])c1-c1cccc2ccccc12. The zero-order valence-electron chi connectivity index (χ0n) is 33.6. The first-order valence-corrected chi connectivity index (χ1v) is 13.9. The zero-order valence-corrected chi connectivity index (χ0v) is 22.6. The van der Waals surface area contributed by atoms with Crippen molar-refractivity contribution in [3.05, 3.63) is 157 Å². The van der Waals surface area contributed by atoms with Gasteiger partial charge in [0.15, 0.2) is 0 Å². The molecule has 200 valence electrons. The first-order chi connectivity index (χ1) is 25.9. The van der Waals surface area contributed by atoms with Gasteiger partial charge >= 0.3 is 0 Å². The highest BCUT2D eigenvalue weighted by molar-refractivity contribution is 6.22. The fourth-order valence-electron chi connectivity index (χ4n) is 6.10.